The van der Waals surface area contributed by atoms with Crippen molar-refractivity contribution in [3.63, 3.8) is 0 Å². The topological polar surface area (TPSA) is 73.8 Å². The Labute approximate surface area is 104 Å². The summed E-state index contributed by atoms with van der Waals surface area (Å²) in [5.74, 6) is 1.11. The molecule has 0 aliphatic heterocycles. The summed E-state index contributed by atoms with van der Waals surface area (Å²) in [7, 11) is 0. The number of rotatable bonds is 3. The molecule has 2 aromatic heterocycles. The van der Waals surface area contributed by atoms with Crippen molar-refractivity contribution < 1.29 is 5.11 Å². The predicted octanol–water partition coefficient (Wildman–Crippen LogP) is 2.28. The van der Waals surface area contributed by atoms with Gasteiger partial charge in [0.25, 0.3) is 0 Å². The molecule has 0 saturated carbocycles. The third-order valence-electron chi connectivity index (χ3n) is 2.66. The molecule has 2 heterocycles. The van der Waals surface area contributed by atoms with Crippen LogP contribution in [0.3, 0.4) is 0 Å². The van der Waals surface area contributed by atoms with E-state index in [-0.39, 0.29) is 5.75 Å². The van der Waals surface area contributed by atoms with Gasteiger partial charge >= 0.3 is 0 Å². The molecule has 90 valence electrons. The highest BCUT2D eigenvalue weighted by Gasteiger charge is 2.01. The summed E-state index contributed by atoms with van der Waals surface area (Å²) in [6, 6.07) is 8.80. The molecule has 0 saturated heterocycles. The standard InChI is InChI=1S/C13H12N4O/c18-10-3-1-9(2-4-10)15-8-13-16-11-5-6-14-7-12(11)17-13/h1-7,15,18H,8H2,(H,16,17). The van der Waals surface area contributed by atoms with Crippen LogP contribution < -0.4 is 5.32 Å². The minimum atomic E-state index is 0.260. The maximum Gasteiger partial charge on any atom is 0.126 e. The van der Waals surface area contributed by atoms with Crippen molar-refractivity contribution in [2.75, 3.05) is 5.32 Å². The van der Waals surface area contributed by atoms with Gasteiger partial charge in [-0.15, -0.1) is 0 Å². The van der Waals surface area contributed by atoms with E-state index in [2.05, 4.69) is 20.3 Å². The van der Waals surface area contributed by atoms with E-state index in [0.29, 0.717) is 6.54 Å². The number of pyridine rings is 1. The molecule has 3 rings (SSSR count). The summed E-state index contributed by atoms with van der Waals surface area (Å²) in [6.45, 7) is 0.597. The molecular formula is C13H12N4O. The fourth-order valence-corrected chi connectivity index (χ4v) is 1.76. The lowest BCUT2D eigenvalue weighted by Crippen LogP contribution is -2.00. The van der Waals surface area contributed by atoms with Crippen LogP contribution in [0, 0.1) is 0 Å². The number of phenolic OH excluding ortho intramolecular Hbond substituents is 1. The number of nitrogens with zero attached hydrogens (tertiary/aromatic N) is 2. The van der Waals surface area contributed by atoms with Gasteiger partial charge in [-0.1, -0.05) is 0 Å². The monoisotopic (exact) mass is 240 g/mol. The van der Waals surface area contributed by atoms with Crippen LogP contribution in [0.15, 0.2) is 42.7 Å². The van der Waals surface area contributed by atoms with Gasteiger partial charge in [-0.05, 0) is 30.3 Å². The third-order valence-corrected chi connectivity index (χ3v) is 2.66. The maximum absolute atomic E-state index is 9.18. The Balaban J connectivity index is 1.74. The number of nitrogens with one attached hydrogen (secondary N) is 2. The van der Waals surface area contributed by atoms with Gasteiger partial charge in [-0.2, -0.15) is 0 Å². The van der Waals surface area contributed by atoms with Crippen molar-refractivity contribution in [2.24, 2.45) is 0 Å². The van der Waals surface area contributed by atoms with Gasteiger partial charge in [-0.25, -0.2) is 4.98 Å². The van der Waals surface area contributed by atoms with E-state index >= 15 is 0 Å². The SMILES string of the molecule is Oc1ccc(NCc2nc3ccncc3[nH]2)cc1. The zero-order valence-electron chi connectivity index (χ0n) is 9.59. The molecule has 3 aromatic rings. The van der Waals surface area contributed by atoms with Crippen molar-refractivity contribution in [1.82, 2.24) is 15.0 Å². The average Bonchev–Trinajstić information content (AvgIpc) is 2.81. The molecule has 0 fully saturated rings. The van der Waals surface area contributed by atoms with Gasteiger partial charge < -0.3 is 15.4 Å². The quantitative estimate of drug-likeness (QED) is 0.614. The van der Waals surface area contributed by atoms with E-state index in [1.165, 1.54) is 0 Å². The molecule has 0 atom stereocenters. The summed E-state index contributed by atoms with van der Waals surface area (Å²) in [6.07, 6.45) is 3.48. The van der Waals surface area contributed by atoms with Crippen LogP contribution in [0.2, 0.25) is 0 Å². The summed E-state index contributed by atoms with van der Waals surface area (Å²) in [5.41, 5.74) is 2.78. The first-order valence-corrected chi connectivity index (χ1v) is 5.63. The Kier molecular flexibility index (Phi) is 2.57. The van der Waals surface area contributed by atoms with E-state index in [1.807, 2.05) is 18.2 Å². The van der Waals surface area contributed by atoms with Crippen LogP contribution in [0.5, 0.6) is 5.75 Å². The van der Waals surface area contributed by atoms with Gasteiger partial charge in [0.05, 0.1) is 23.8 Å². The number of imidazole rings is 1. The Hall–Kier alpha value is -2.56. The normalized spacial score (nSPS) is 10.7. The number of aromatic amines is 1. The Morgan fingerprint density at radius 1 is 1.17 bits per heavy atom. The first-order valence-electron chi connectivity index (χ1n) is 5.63. The van der Waals surface area contributed by atoms with Crippen LogP contribution in [0.1, 0.15) is 5.82 Å². The molecule has 0 bridgehead atoms. The molecule has 5 heteroatoms. The highest BCUT2D eigenvalue weighted by molar-refractivity contribution is 5.73. The lowest BCUT2D eigenvalue weighted by molar-refractivity contribution is 0.475. The molecule has 18 heavy (non-hydrogen) atoms. The van der Waals surface area contributed by atoms with Crippen LogP contribution in [0.4, 0.5) is 5.69 Å². The zero-order valence-corrected chi connectivity index (χ0v) is 9.59. The number of anilines is 1. The Morgan fingerprint density at radius 2 is 2.00 bits per heavy atom. The molecule has 0 spiro atoms. The number of aromatic nitrogens is 3. The number of phenols is 1. The Bertz CT molecular complexity index is 627. The molecule has 5 nitrogen and oxygen atoms in total. The first-order chi connectivity index (χ1) is 8.81. The molecular weight excluding hydrogens is 228 g/mol. The number of hydrogen-bond donors (Lipinski definition) is 3. The summed E-state index contributed by atoms with van der Waals surface area (Å²) >= 11 is 0. The predicted molar refractivity (Wildman–Crippen MR) is 69.3 cm³/mol. The van der Waals surface area contributed by atoms with E-state index in [4.69, 9.17) is 0 Å². The maximum atomic E-state index is 9.18. The van der Waals surface area contributed by atoms with Gasteiger partial charge in [0.15, 0.2) is 0 Å². The molecule has 0 aliphatic carbocycles. The van der Waals surface area contributed by atoms with Crippen molar-refractivity contribution in [3.05, 3.63) is 48.5 Å². The molecule has 0 amide bonds. The molecule has 1 aromatic carbocycles. The van der Waals surface area contributed by atoms with Crippen molar-refractivity contribution in [1.29, 1.82) is 0 Å². The van der Waals surface area contributed by atoms with Crippen molar-refractivity contribution in [2.45, 2.75) is 6.54 Å². The van der Waals surface area contributed by atoms with Crippen LogP contribution >= 0.6 is 0 Å². The number of H-pyrrole nitrogens is 1. The minimum absolute atomic E-state index is 0.260. The fourth-order valence-electron chi connectivity index (χ4n) is 1.76. The second-order valence-electron chi connectivity index (χ2n) is 3.98. The lowest BCUT2D eigenvalue weighted by Gasteiger charge is -2.03. The second kappa shape index (κ2) is 4.37. The number of aromatic hydroxyl groups is 1. The fraction of sp³-hybridized carbons (Fsp3) is 0.0769. The zero-order chi connectivity index (χ0) is 12.4. The summed E-state index contributed by atoms with van der Waals surface area (Å²) in [5, 5.41) is 12.4. The Morgan fingerprint density at radius 3 is 2.78 bits per heavy atom. The van der Waals surface area contributed by atoms with Crippen LogP contribution in [-0.4, -0.2) is 20.1 Å². The summed E-state index contributed by atoms with van der Waals surface area (Å²) in [4.78, 5) is 11.7. The molecule has 0 unspecified atom stereocenters. The van der Waals surface area contributed by atoms with E-state index in [0.717, 1.165) is 22.5 Å². The van der Waals surface area contributed by atoms with E-state index < -0.39 is 0 Å². The van der Waals surface area contributed by atoms with Crippen molar-refractivity contribution >= 4 is 16.7 Å². The van der Waals surface area contributed by atoms with Crippen molar-refractivity contribution in [3.8, 4) is 5.75 Å². The van der Waals surface area contributed by atoms with Gasteiger partial charge in [0.2, 0.25) is 0 Å². The van der Waals surface area contributed by atoms with Gasteiger partial charge in [-0.3, -0.25) is 4.98 Å². The molecule has 0 aliphatic rings. The largest absolute Gasteiger partial charge is 0.508 e. The van der Waals surface area contributed by atoms with Crippen LogP contribution in [-0.2, 0) is 6.54 Å². The number of hydrogen-bond acceptors (Lipinski definition) is 4. The number of benzene rings is 1. The average molecular weight is 240 g/mol. The van der Waals surface area contributed by atoms with E-state index in [1.54, 1.807) is 24.5 Å². The highest BCUT2D eigenvalue weighted by Crippen LogP contribution is 2.15. The van der Waals surface area contributed by atoms with E-state index in [9.17, 15) is 5.11 Å². The van der Waals surface area contributed by atoms with Gasteiger partial charge in [0, 0.05) is 11.9 Å². The van der Waals surface area contributed by atoms with Gasteiger partial charge in [0.1, 0.15) is 11.6 Å². The minimum Gasteiger partial charge on any atom is -0.508 e. The number of fused-ring (bicyclic) bond motifs is 1. The lowest BCUT2D eigenvalue weighted by atomic mass is 10.3. The summed E-state index contributed by atoms with van der Waals surface area (Å²) < 4.78 is 0. The van der Waals surface area contributed by atoms with Crippen LogP contribution in [0.25, 0.3) is 11.0 Å². The highest BCUT2D eigenvalue weighted by atomic mass is 16.3. The molecule has 3 N–H and O–H groups in total. The third kappa shape index (κ3) is 2.10. The first kappa shape index (κ1) is 10.6. The second-order valence-corrected chi connectivity index (χ2v) is 3.98. The smallest absolute Gasteiger partial charge is 0.126 e. The molecule has 0 radical (unpaired) electrons.